The van der Waals surface area contributed by atoms with E-state index in [4.69, 9.17) is 4.52 Å². The van der Waals surface area contributed by atoms with E-state index in [1.54, 1.807) is 6.07 Å². The van der Waals surface area contributed by atoms with Crippen molar-refractivity contribution in [2.75, 3.05) is 13.1 Å². The van der Waals surface area contributed by atoms with Gasteiger partial charge in [0, 0.05) is 18.7 Å². The lowest BCUT2D eigenvalue weighted by atomic mass is 10.2. The summed E-state index contributed by atoms with van der Waals surface area (Å²) >= 11 is 0. The predicted molar refractivity (Wildman–Crippen MR) is 45.2 cm³/mol. The number of carbonyl (C=O) groups is 1. The van der Waals surface area contributed by atoms with Crippen molar-refractivity contribution in [1.29, 1.82) is 0 Å². The molecule has 0 aliphatic carbocycles. The van der Waals surface area contributed by atoms with Crippen LogP contribution in [0.5, 0.6) is 0 Å². The van der Waals surface area contributed by atoms with E-state index < -0.39 is 0 Å². The molecule has 0 unspecified atom stereocenters. The van der Waals surface area contributed by atoms with Gasteiger partial charge in [-0.05, 0) is 13.0 Å². The summed E-state index contributed by atoms with van der Waals surface area (Å²) in [6, 6.07) is 1.77. The van der Waals surface area contributed by atoms with Gasteiger partial charge in [0.15, 0.2) is 0 Å². The van der Waals surface area contributed by atoms with Gasteiger partial charge >= 0.3 is 0 Å². The first kappa shape index (κ1) is 8.25. The number of hydrogen-bond acceptors (Lipinski definition) is 4. The number of hydrogen-bond donors (Lipinski definition) is 2. The minimum atomic E-state index is -0.189. The summed E-state index contributed by atoms with van der Waals surface area (Å²) in [6.45, 7) is 1.79. The molecule has 0 saturated carbocycles. The second kappa shape index (κ2) is 3.57. The van der Waals surface area contributed by atoms with E-state index in [9.17, 15) is 4.79 Å². The zero-order valence-electron chi connectivity index (χ0n) is 7.12. The highest BCUT2D eigenvalue weighted by Gasteiger charge is 2.18. The van der Waals surface area contributed by atoms with E-state index in [0.29, 0.717) is 0 Å². The third-order valence-corrected chi connectivity index (χ3v) is 2.06. The molecule has 5 heteroatoms. The Hall–Kier alpha value is -1.36. The predicted octanol–water partition coefficient (Wildman–Crippen LogP) is -0.234. The molecule has 1 aromatic rings. The third kappa shape index (κ3) is 1.86. The highest BCUT2D eigenvalue weighted by Crippen LogP contribution is 2.01. The molecule has 1 fully saturated rings. The fourth-order valence-corrected chi connectivity index (χ4v) is 1.37. The molecule has 0 radical (unpaired) electrons. The van der Waals surface area contributed by atoms with Gasteiger partial charge in [0.2, 0.25) is 5.76 Å². The van der Waals surface area contributed by atoms with Gasteiger partial charge in [-0.25, -0.2) is 0 Å². The first-order chi connectivity index (χ1) is 6.36. The summed E-state index contributed by atoms with van der Waals surface area (Å²) in [5.41, 5.74) is 0. The molecule has 2 rings (SSSR count). The molecule has 0 aromatic carbocycles. The first-order valence-corrected chi connectivity index (χ1v) is 4.28. The Morgan fingerprint density at radius 1 is 1.77 bits per heavy atom. The van der Waals surface area contributed by atoms with Crippen LogP contribution in [0.1, 0.15) is 17.0 Å². The van der Waals surface area contributed by atoms with Gasteiger partial charge in [0.05, 0.1) is 6.20 Å². The summed E-state index contributed by atoms with van der Waals surface area (Å²) in [5, 5.41) is 9.47. The molecule has 0 bridgehead atoms. The van der Waals surface area contributed by atoms with E-state index >= 15 is 0 Å². The Labute approximate surface area is 75.5 Å². The summed E-state index contributed by atoms with van der Waals surface area (Å²) < 4.78 is 4.72. The van der Waals surface area contributed by atoms with Crippen LogP contribution in [0, 0.1) is 0 Å². The summed E-state index contributed by atoms with van der Waals surface area (Å²) in [5.74, 6) is 0.0816. The molecule has 13 heavy (non-hydrogen) atoms. The molecule has 2 N–H and O–H groups in total. The molecule has 2 heterocycles. The molecule has 1 saturated heterocycles. The highest BCUT2D eigenvalue weighted by molar-refractivity contribution is 5.91. The smallest absolute Gasteiger partial charge is 0.290 e. The number of nitrogens with zero attached hydrogens (tertiary/aromatic N) is 1. The Morgan fingerprint density at radius 3 is 3.31 bits per heavy atom. The molecule has 1 aliphatic rings. The number of nitrogens with one attached hydrogen (secondary N) is 2. The Bertz CT molecular complexity index is 278. The lowest BCUT2D eigenvalue weighted by Gasteiger charge is -2.08. The zero-order valence-corrected chi connectivity index (χ0v) is 7.12. The molecule has 0 spiro atoms. The molecular weight excluding hydrogens is 170 g/mol. The molecule has 1 aromatic heterocycles. The number of aromatic nitrogens is 1. The van der Waals surface area contributed by atoms with Gasteiger partial charge in [0.1, 0.15) is 0 Å². The average Bonchev–Trinajstić information content (AvgIpc) is 2.74. The highest BCUT2D eigenvalue weighted by atomic mass is 16.5. The topological polar surface area (TPSA) is 67.2 Å². The molecule has 1 amide bonds. The summed E-state index contributed by atoms with van der Waals surface area (Å²) in [7, 11) is 0. The standard InChI is InChI=1S/C8H11N3O2/c12-8(7-2-4-10-13-7)11-6-1-3-9-5-6/h2,4,6,9H,1,3,5H2,(H,11,12)/t6-/m1/s1. The molecular formula is C8H11N3O2. The SMILES string of the molecule is O=C(N[C@@H]1CCNC1)c1ccno1. The molecule has 5 nitrogen and oxygen atoms in total. The number of rotatable bonds is 2. The maximum absolute atomic E-state index is 11.4. The number of carbonyl (C=O) groups excluding carboxylic acids is 1. The lowest BCUT2D eigenvalue weighted by Crippen LogP contribution is -2.35. The van der Waals surface area contributed by atoms with E-state index in [2.05, 4.69) is 15.8 Å². The van der Waals surface area contributed by atoms with Crippen LogP contribution < -0.4 is 10.6 Å². The van der Waals surface area contributed by atoms with Gasteiger partial charge in [0.25, 0.3) is 5.91 Å². The fraction of sp³-hybridized carbons (Fsp3) is 0.500. The Morgan fingerprint density at radius 2 is 2.69 bits per heavy atom. The van der Waals surface area contributed by atoms with Crippen molar-refractivity contribution in [3.63, 3.8) is 0 Å². The Kier molecular flexibility index (Phi) is 2.27. The maximum Gasteiger partial charge on any atom is 0.290 e. The third-order valence-electron chi connectivity index (χ3n) is 2.06. The maximum atomic E-state index is 11.4. The fourth-order valence-electron chi connectivity index (χ4n) is 1.37. The zero-order chi connectivity index (χ0) is 9.10. The minimum Gasteiger partial charge on any atom is -0.351 e. The van der Waals surface area contributed by atoms with E-state index in [1.807, 2.05) is 0 Å². The van der Waals surface area contributed by atoms with Crippen molar-refractivity contribution in [2.45, 2.75) is 12.5 Å². The van der Waals surface area contributed by atoms with Gasteiger partial charge in [-0.1, -0.05) is 5.16 Å². The Balaban J connectivity index is 1.91. The van der Waals surface area contributed by atoms with Crippen LogP contribution in [-0.2, 0) is 0 Å². The normalized spacial score (nSPS) is 21.7. The lowest BCUT2D eigenvalue weighted by molar-refractivity contribution is 0.0903. The van der Waals surface area contributed by atoms with E-state index in [1.165, 1.54) is 6.20 Å². The van der Waals surface area contributed by atoms with E-state index in [-0.39, 0.29) is 17.7 Å². The monoisotopic (exact) mass is 181 g/mol. The van der Waals surface area contributed by atoms with Crippen molar-refractivity contribution < 1.29 is 9.32 Å². The van der Waals surface area contributed by atoms with Crippen LogP contribution in [0.4, 0.5) is 0 Å². The van der Waals surface area contributed by atoms with Crippen LogP contribution >= 0.6 is 0 Å². The van der Waals surface area contributed by atoms with Gasteiger partial charge in [-0.3, -0.25) is 4.79 Å². The van der Waals surface area contributed by atoms with E-state index in [0.717, 1.165) is 19.5 Å². The largest absolute Gasteiger partial charge is 0.351 e. The number of amides is 1. The average molecular weight is 181 g/mol. The van der Waals surface area contributed by atoms with Crippen LogP contribution in [0.25, 0.3) is 0 Å². The quantitative estimate of drug-likeness (QED) is 0.661. The molecule has 1 aliphatic heterocycles. The summed E-state index contributed by atoms with van der Waals surface area (Å²) in [4.78, 5) is 11.4. The van der Waals surface area contributed by atoms with Crippen LogP contribution in [0.2, 0.25) is 0 Å². The second-order valence-electron chi connectivity index (χ2n) is 3.04. The second-order valence-corrected chi connectivity index (χ2v) is 3.04. The molecule has 70 valence electrons. The van der Waals surface area contributed by atoms with Crippen LogP contribution in [0.3, 0.4) is 0 Å². The van der Waals surface area contributed by atoms with Gasteiger partial charge in [-0.2, -0.15) is 0 Å². The van der Waals surface area contributed by atoms with Crippen molar-refractivity contribution in [3.8, 4) is 0 Å². The van der Waals surface area contributed by atoms with Crippen molar-refractivity contribution in [2.24, 2.45) is 0 Å². The van der Waals surface area contributed by atoms with Crippen molar-refractivity contribution in [1.82, 2.24) is 15.8 Å². The van der Waals surface area contributed by atoms with Crippen molar-refractivity contribution in [3.05, 3.63) is 18.0 Å². The van der Waals surface area contributed by atoms with Crippen LogP contribution in [-0.4, -0.2) is 30.2 Å². The van der Waals surface area contributed by atoms with Crippen molar-refractivity contribution >= 4 is 5.91 Å². The summed E-state index contributed by atoms with van der Waals surface area (Å²) in [6.07, 6.45) is 2.43. The van der Waals surface area contributed by atoms with Gasteiger partial charge < -0.3 is 15.2 Å². The molecule has 1 atom stereocenters. The first-order valence-electron chi connectivity index (χ1n) is 4.28. The van der Waals surface area contributed by atoms with Gasteiger partial charge in [-0.15, -0.1) is 0 Å². The minimum absolute atomic E-state index is 0.189. The van der Waals surface area contributed by atoms with Crippen LogP contribution in [0.15, 0.2) is 16.8 Å².